The standard InChI is InChI=1S/C13H21NO6/c1-7(2)9-10(18-8(3)15)19-11(16)14(9)12(17)20-13(4,5)6/h7,9-10H,1-6H3/t9-,10+/m1/s1. The van der Waals surface area contributed by atoms with Gasteiger partial charge in [-0.3, -0.25) is 4.79 Å². The molecule has 1 rings (SSSR count). The van der Waals surface area contributed by atoms with Crippen LogP contribution in [0.15, 0.2) is 0 Å². The van der Waals surface area contributed by atoms with Crippen molar-refractivity contribution in [3.05, 3.63) is 0 Å². The highest BCUT2D eigenvalue weighted by molar-refractivity contribution is 5.90. The summed E-state index contributed by atoms with van der Waals surface area (Å²) in [6, 6.07) is -0.707. The second-order valence-corrected chi connectivity index (χ2v) is 5.95. The molecule has 0 aromatic carbocycles. The van der Waals surface area contributed by atoms with E-state index in [0.29, 0.717) is 0 Å². The summed E-state index contributed by atoms with van der Waals surface area (Å²) in [6.45, 7) is 9.88. The number of rotatable bonds is 2. The van der Waals surface area contributed by atoms with E-state index < -0.39 is 36.1 Å². The average molecular weight is 287 g/mol. The number of cyclic esters (lactones) is 1. The van der Waals surface area contributed by atoms with Gasteiger partial charge in [0.15, 0.2) is 0 Å². The van der Waals surface area contributed by atoms with E-state index in [0.717, 1.165) is 4.90 Å². The molecule has 0 aliphatic carbocycles. The molecule has 0 N–H and O–H groups in total. The summed E-state index contributed by atoms with van der Waals surface area (Å²) in [5.41, 5.74) is -0.738. The van der Waals surface area contributed by atoms with Crippen molar-refractivity contribution in [3.63, 3.8) is 0 Å². The van der Waals surface area contributed by atoms with Crippen molar-refractivity contribution < 1.29 is 28.6 Å². The molecule has 1 fully saturated rings. The lowest BCUT2D eigenvalue weighted by atomic mass is 10.0. The molecular formula is C13H21NO6. The maximum atomic E-state index is 12.1. The van der Waals surface area contributed by atoms with Gasteiger partial charge in [-0.1, -0.05) is 13.8 Å². The highest BCUT2D eigenvalue weighted by Crippen LogP contribution is 2.28. The van der Waals surface area contributed by atoms with Crippen LogP contribution < -0.4 is 0 Å². The Bertz CT molecular complexity index is 412. The van der Waals surface area contributed by atoms with Gasteiger partial charge < -0.3 is 14.2 Å². The number of hydrogen-bond donors (Lipinski definition) is 0. The van der Waals surface area contributed by atoms with Crippen LogP contribution in [-0.2, 0) is 19.0 Å². The van der Waals surface area contributed by atoms with E-state index in [1.165, 1.54) is 6.92 Å². The van der Waals surface area contributed by atoms with Gasteiger partial charge in [0.1, 0.15) is 11.6 Å². The third kappa shape index (κ3) is 3.85. The smallest absolute Gasteiger partial charge is 0.423 e. The van der Waals surface area contributed by atoms with Crippen molar-refractivity contribution in [2.75, 3.05) is 0 Å². The molecule has 0 radical (unpaired) electrons. The van der Waals surface area contributed by atoms with Crippen LogP contribution in [0.3, 0.4) is 0 Å². The molecule has 0 spiro atoms. The average Bonchev–Trinajstić information content (AvgIpc) is 2.51. The summed E-state index contributed by atoms with van der Waals surface area (Å²) in [6.07, 6.45) is -2.78. The first kappa shape index (κ1) is 16.3. The van der Waals surface area contributed by atoms with Gasteiger partial charge in [-0.05, 0) is 26.7 Å². The second-order valence-electron chi connectivity index (χ2n) is 5.95. The summed E-state index contributed by atoms with van der Waals surface area (Å²) in [5, 5.41) is 0. The second kappa shape index (κ2) is 5.68. The number of hydrogen-bond acceptors (Lipinski definition) is 6. The molecule has 114 valence electrons. The molecule has 1 saturated heterocycles. The van der Waals surface area contributed by atoms with Crippen molar-refractivity contribution in [1.82, 2.24) is 4.90 Å². The summed E-state index contributed by atoms with van der Waals surface area (Å²) in [4.78, 5) is 35.8. The predicted octanol–water partition coefficient (Wildman–Crippen LogP) is 2.29. The molecule has 1 aliphatic rings. The van der Waals surface area contributed by atoms with Gasteiger partial charge in [0.2, 0.25) is 0 Å². The van der Waals surface area contributed by atoms with E-state index in [1.807, 2.05) is 0 Å². The molecule has 20 heavy (non-hydrogen) atoms. The minimum absolute atomic E-state index is 0.154. The van der Waals surface area contributed by atoms with E-state index in [4.69, 9.17) is 14.2 Å². The van der Waals surface area contributed by atoms with Crippen LogP contribution in [0.25, 0.3) is 0 Å². The van der Waals surface area contributed by atoms with Crippen molar-refractivity contribution >= 4 is 18.2 Å². The Morgan fingerprint density at radius 2 is 1.85 bits per heavy atom. The molecule has 0 aromatic heterocycles. The van der Waals surface area contributed by atoms with E-state index >= 15 is 0 Å². The summed E-state index contributed by atoms with van der Waals surface area (Å²) >= 11 is 0. The van der Waals surface area contributed by atoms with Crippen LogP contribution in [0.4, 0.5) is 9.59 Å². The Labute approximate surface area is 118 Å². The Balaban J connectivity index is 2.95. The lowest BCUT2D eigenvalue weighted by Gasteiger charge is -2.28. The van der Waals surface area contributed by atoms with E-state index in [2.05, 4.69) is 0 Å². The molecule has 0 bridgehead atoms. The SMILES string of the molecule is CC(=O)O[C@H]1OC(=O)N(C(=O)OC(C)(C)C)[C@@H]1C(C)C. The zero-order valence-electron chi connectivity index (χ0n) is 12.6. The molecule has 0 unspecified atom stereocenters. The van der Waals surface area contributed by atoms with Crippen LogP contribution in [0.1, 0.15) is 41.5 Å². The third-order valence-electron chi connectivity index (χ3n) is 2.55. The van der Waals surface area contributed by atoms with Crippen LogP contribution in [0, 0.1) is 5.92 Å². The van der Waals surface area contributed by atoms with Gasteiger partial charge in [0.05, 0.1) is 0 Å². The molecule has 2 amide bonds. The summed E-state index contributed by atoms with van der Waals surface area (Å²) in [5.74, 6) is -0.738. The Hall–Kier alpha value is -1.79. The summed E-state index contributed by atoms with van der Waals surface area (Å²) < 4.78 is 15.0. The molecule has 7 nitrogen and oxygen atoms in total. The number of nitrogens with zero attached hydrogens (tertiary/aromatic N) is 1. The molecule has 1 aliphatic heterocycles. The number of ether oxygens (including phenoxy) is 3. The highest BCUT2D eigenvalue weighted by atomic mass is 16.7. The lowest BCUT2D eigenvalue weighted by molar-refractivity contribution is -0.165. The van der Waals surface area contributed by atoms with Crippen molar-refractivity contribution in [3.8, 4) is 0 Å². The van der Waals surface area contributed by atoms with Crippen molar-refractivity contribution in [2.45, 2.75) is 59.5 Å². The predicted molar refractivity (Wildman–Crippen MR) is 68.7 cm³/mol. The van der Waals surface area contributed by atoms with E-state index in [9.17, 15) is 14.4 Å². The number of esters is 1. The fourth-order valence-corrected chi connectivity index (χ4v) is 1.85. The van der Waals surface area contributed by atoms with Crippen LogP contribution in [0.2, 0.25) is 0 Å². The number of amides is 2. The Morgan fingerprint density at radius 1 is 1.30 bits per heavy atom. The van der Waals surface area contributed by atoms with Crippen LogP contribution in [-0.4, -0.2) is 41.0 Å². The lowest BCUT2D eigenvalue weighted by Crippen LogP contribution is -2.47. The highest BCUT2D eigenvalue weighted by Gasteiger charge is 2.50. The Kier molecular flexibility index (Phi) is 4.62. The van der Waals surface area contributed by atoms with Gasteiger partial charge in [-0.25, -0.2) is 14.5 Å². The topological polar surface area (TPSA) is 82.1 Å². The van der Waals surface area contributed by atoms with Gasteiger partial charge in [0, 0.05) is 6.92 Å². The largest absolute Gasteiger partial charge is 0.443 e. The summed E-state index contributed by atoms with van der Waals surface area (Å²) in [7, 11) is 0. The monoisotopic (exact) mass is 287 g/mol. The Morgan fingerprint density at radius 3 is 2.25 bits per heavy atom. The minimum atomic E-state index is -1.10. The van der Waals surface area contributed by atoms with Crippen LogP contribution in [0.5, 0.6) is 0 Å². The van der Waals surface area contributed by atoms with E-state index in [1.54, 1.807) is 34.6 Å². The quantitative estimate of drug-likeness (QED) is 0.725. The third-order valence-corrected chi connectivity index (χ3v) is 2.55. The van der Waals surface area contributed by atoms with E-state index in [-0.39, 0.29) is 5.92 Å². The zero-order chi connectivity index (χ0) is 15.7. The fourth-order valence-electron chi connectivity index (χ4n) is 1.85. The number of carbonyl (C=O) groups excluding carboxylic acids is 3. The molecule has 2 atom stereocenters. The fraction of sp³-hybridized carbons (Fsp3) is 0.769. The molecule has 0 saturated carbocycles. The molecule has 7 heteroatoms. The first-order chi connectivity index (χ1) is 9.03. The minimum Gasteiger partial charge on any atom is -0.443 e. The molecular weight excluding hydrogens is 266 g/mol. The van der Waals surface area contributed by atoms with Gasteiger partial charge in [0.25, 0.3) is 6.29 Å². The first-order valence-corrected chi connectivity index (χ1v) is 6.43. The van der Waals surface area contributed by atoms with Gasteiger partial charge in [-0.2, -0.15) is 0 Å². The van der Waals surface area contributed by atoms with Gasteiger partial charge in [-0.15, -0.1) is 0 Å². The molecule has 1 heterocycles. The maximum Gasteiger partial charge on any atom is 0.423 e. The maximum absolute atomic E-state index is 12.1. The van der Waals surface area contributed by atoms with Crippen molar-refractivity contribution in [1.29, 1.82) is 0 Å². The normalized spacial score (nSPS) is 22.8. The van der Waals surface area contributed by atoms with Crippen molar-refractivity contribution in [2.24, 2.45) is 5.92 Å². The van der Waals surface area contributed by atoms with Gasteiger partial charge >= 0.3 is 18.2 Å². The number of carbonyl (C=O) groups is 3. The zero-order valence-corrected chi connectivity index (χ0v) is 12.6. The first-order valence-electron chi connectivity index (χ1n) is 6.43. The molecule has 0 aromatic rings. The van der Waals surface area contributed by atoms with Crippen LogP contribution >= 0.6 is 0 Å². The number of imide groups is 1.